The van der Waals surface area contributed by atoms with Crippen molar-refractivity contribution in [3.8, 4) is 0 Å². The van der Waals surface area contributed by atoms with Crippen molar-refractivity contribution in [3.05, 3.63) is 52.0 Å². The predicted octanol–water partition coefficient (Wildman–Crippen LogP) is 2.17. The summed E-state index contributed by atoms with van der Waals surface area (Å²) in [6.45, 7) is 1.61. The maximum atomic E-state index is 10.7. The molecule has 18 heavy (non-hydrogen) atoms. The van der Waals surface area contributed by atoms with E-state index in [4.69, 9.17) is 5.11 Å². The molecule has 2 aromatic rings. The van der Waals surface area contributed by atoms with Gasteiger partial charge in [0.05, 0.1) is 5.01 Å². The van der Waals surface area contributed by atoms with Crippen LogP contribution in [0.2, 0.25) is 0 Å². The summed E-state index contributed by atoms with van der Waals surface area (Å²) in [6, 6.07) is 10.2. The van der Waals surface area contributed by atoms with Crippen LogP contribution in [-0.4, -0.2) is 22.6 Å². The van der Waals surface area contributed by atoms with E-state index in [1.807, 2.05) is 18.2 Å². The zero-order chi connectivity index (χ0) is 12.8. The number of aromatic carboxylic acids is 1. The van der Waals surface area contributed by atoms with Crippen molar-refractivity contribution in [2.24, 2.45) is 0 Å². The third-order valence-electron chi connectivity index (χ3n) is 2.46. The number of hydrogen-bond acceptors (Lipinski definition) is 4. The summed E-state index contributed by atoms with van der Waals surface area (Å²) in [4.78, 5) is 14.7. The van der Waals surface area contributed by atoms with E-state index in [1.165, 1.54) is 16.9 Å². The third-order valence-corrected chi connectivity index (χ3v) is 3.37. The largest absolute Gasteiger partial charge is 0.476 e. The smallest absolute Gasteiger partial charge is 0.355 e. The van der Waals surface area contributed by atoms with Crippen molar-refractivity contribution in [1.82, 2.24) is 10.3 Å². The van der Waals surface area contributed by atoms with Gasteiger partial charge in [0, 0.05) is 24.9 Å². The van der Waals surface area contributed by atoms with Gasteiger partial charge in [-0.05, 0) is 5.56 Å². The van der Waals surface area contributed by atoms with Gasteiger partial charge in [0.2, 0.25) is 0 Å². The maximum absolute atomic E-state index is 10.7. The van der Waals surface area contributed by atoms with Crippen LogP contribution in [0.15, 0.2) is 35.7 Å². The van der Waals surface area contributed by atoms with E-state index < -0.39 is 5.97 Å². The molecule has 0 spiro atoms. The molecule has 1 heterocycles. The quantitative estimate of drug-likeness (QED) is 0.783. The second-order valence-electron chi connectivity index (χ2n) is 3.84. The fourth-order valence-corrected chi connectivity index (χ4v) is 2.32. The van der Waals surface area contributed by atoms with Gasteiger partial charge in [0.15, 0.2) is 5.69 Å². The van der Waals surface area contributed by atoms with E-state index in [-0.39, 0.29) is 5.69 Å². The molecule has 0 saturated heterocycles. The van der Waals surface area contributed by atoms with Gasteiger partial charge in [-0.3, -0.25) is 0 Å². The van der Waals surface area contributed by atoms with Gasteiger partial charge in [0.1, 0.15) is 0 Å². The summed E-state index contributed by atoms with van der Waals surface area (Å²) in [7, 11) is 0. The molecule has 2 rings (SSSR count). The van der Waals surface area contributed by atoms with E-state index in [2.05, 4.69) is 22.4 Å². The van der Waals surface area contributed by atoms with Crippen LogP contribution in [0.4, 0.5) is 0 Å². The first-order chi connectivity index (χ1) is 8.75. The minimum atomic E-state index is -0.963. The van der Waals surface area contributed by atoms with Crippen LogP contribution in [0.1, 0.15) is 21.1 Å². The first-order valence-electron chi connectivity index (χ1n) is 5.68. The van der Waals surface area contributed by atoms with Crippen molar-refractivity contribution >= 4 is 17.3 Å². The monoisotopic (exact) mass is 262 g/mol. The van der Waals surface area contributed by atoms with Gasteiger partial charge < -0.3 is 10.4 Å². The molecule has 0 unspecified atom stereocenters. The number of hydrogen-bond donors (Lipinski definition) is 2. The molecule has 0 bridgehead atoms. The molecule has 0 atom stereocenters. The van der Waals surface area contributed by atoms with Crippen LogP contribution in [0.25, 0.3) is 0 Å². The number of carboxylic acid groups (broad SMARTS) is 1. The normalized spacial score (nSPS) is 10.4. The fourth-order valence-electron chi connectivity index (χ4n) is 1.55. The van der Waals surface area contributed by atoms with Gasteiger partial charge in [-0.15, -0.1) is 11.3 Å². The Bertz CT molecular complexity index is 511. The Morgan fingerprint density at radius 3 is 2.78 bits per heavy atom. The Kier molecular flexibility index (Phi) is 4.44. The molecule has 0 aliphatic rings. The van der Waals surface area contributed by atoms with Crippen LogP contribution in [-0.2, 0) is 13.0 Å². The molecule has 0 aliphatic heterocycles. The lowest BCUT2D eigenvalue weighted by Crippen LogP contribution is -2.16. The third kappa shape index (κ3) is 3.65. The topological polar surface area (TPSA) is 62.2 Å². The molecular weight excluding hydrogens is 248 g/mol. The summed E-state index contributed by atoms with van der Waals surface area (Å²) in [5, 5.41) is 14.5. The summed E-state index contributed by atoms with van der Waals surface area (Å²) >= 11 is 1.39. The lowest BCUT2D eigenvalue weighted by molar-refractivity contribution is 0.0691. The number of thiazole rings is 1. The average Bonchev–Trinajstić information content (AvgIpc) is 2.85. The fraction of sp³-hybridized carbons (Fsp3) is 0.231. The molecule has 94 valence electrons. The van der Waals surface area contributed by atoms with Crippen molar-refractivity contribution in [2.45, 2.75) is 13.0 Å². The Morgan fingerprint density at radius 1 is 1.33 bits per heavy atom. The highest BCUT2D eigenvalue weighted by atomic mass is 32.1. The molecule has 5 heteroatoms. The number of carbonyl (C=O) groups is 1. The van der Waals surface area contributed by atoms with Crippen LogP contribution < -0.4 is 5.32 Å². The summed E-state index contributed by atoms with van der Waals surface area (Å²) in [6.07, 6.45) is 0.755. The van der Waals surface area contributed by atoms with Crippen LogP contribution in [0, 0.1) is 0 Å². The summed E-state index contributed by atoms with van der Waals surface area (Å²) in [5.41, 5.74) is 1.38. The molecule has 2 N–H and O–H groups in total. The van der Waals surface area contributed by atoms with E-state index in [0.29, 0.717) is 0 Å². The minimum Gasteiger partial charge on any atom is -0.476 e. The van der Waals surface area contributed by atoms with Gasteiger partial charge in [-0.2, -0.15) is 0 Å². The summed E-state index contributed by atoms with van der Waals surface area (Å²) in [5.74, 6) is -0.963. The average molecular weight is 262 g/mol. The second kappa shape index (κ2) is 6.28. The number of rotatable bonds is 6. The standard InChI is InChI=1S/C13H14N2O2S/c16-13(17)11-9-18-12(15-11)6-7-14-8-10-4-2-1-3-5-10/h1-5,9,14H,6-8H2,(H,16,17). The van der Waals surface area contributed by atoms with Gasteiger partial charge in [-0.25, -0.2) is 9.78 Å². The number of nitrogens with one attached hydrogen (secondary N) is 1. The summed E-state index contributed by atoms with van der Waals surface area (Å²) < 4.78 is 0. The SMILES string of the molecule is O=C(O)c1csc(CCNCc2ccccc2)n1. The van der Waals surface area contributed by atoms with E-state index >= 15 is 0 Å². The van der Waals surface area contributed by atoms with E-state index in [9.17, 15) is 4.79 Å². The number of aromatic nitrogens is 1. The number of carboxylic acids is 1. The number of nitrogens with zero attached hydrogens (tertiary/aromatic N) is 1. The Balaban J connectivity index is 1.73. The van der Waals surface area contributed by atoms with E-state index in [0.717, 1.165) is 24.5 Å². The molecule has 0 fully saturated rings. The maximum Gasteiger partial charge on any atom is 0.355 e. The highest BCUT2D eigenvalue weighted by Crippen LogP contribution is 2.10. The van der Waals surface area contributed by atoms with Gasteiger partial charge >= 0.3 is 5.97 Å². The van der Waals surface area contributed by atoms with Crippen LogP contribution >= 0.6 is 11.3 Å². The molecule has 0 radical (unpaired) electrons. The van der Waals surface area contributed by atoms with Crippen LogP contribution in [0.5, 0.6) is 0 Å². The van der Waals surface area contributed by atoms with Gasteiger partial charge in [-0.1, -0.05) is 30.3 Å². The highest BCUT2D eigenvalue weighted by Gasteiger charge is 2.07. The zero-order valence-corrected chi connectivity index (χ0v) is 10.6. The second-order valence-corrected chi connectivity index (χ2v) is 4.79. The van der Waals surface area contributed by atoms with E-state index in [1.54, 1.807) is 5.38 Å². The minimum absolute atomic E-state index is 0.137. The van der Waals surface area contributed by atoms with Gasteiger partial charge in [0.25, 0.3) is 0 Å². The van der Waals surface area contributed by atoms with Crippen molar-refractivity contribution in [3.63, 3.8) is 0 Å². The van der Waals surface area contributed by atoms with Crippen molar-refractivity contribution in [1.29, 1.82) is 0 Å². The predicted molar refractivity (Wildman–Crippen MR) is 70.9 cm³/mol. The molecular formula is C13H14N2O2S. The molecule has 1 aromatic heterocycles. The Labute approximate surface area is 109 Å². The molecule has 4 nitrogen and oxygen atoms in total. The number of benzene rings is 1. The first kappa shape index (κ1) is 12.7. The molecule has 0 aliphatic carbocycles. The molecule has 0 amide bonds. The Morgan fingerprint density at radius 2 is 2.11 bits per heavy atom. The lowest BCUT2D eigenvalue weighted by Gasteiger charge is -2.02. The van der Waals surface area contributed by atoms with Crippen molar-refractivity contribution in [2.75, 3.05) is 6.54 Å². The highest BCUT2D eigenvalue weighted by molar-refractivity contribution is 7.09. The molecule has 1 aromatic carbocycles. The zero-order valence-electron chi connectivity index (χ0n) is 9.80. The Hall–Kier alpha value is -1.72. The first-order valence-corrected chi connectivity index (χ1v) is 6.56. The van der Waals surface area contributed by atoms with Crippen molar-refractivity contribution < 1.29 is 9.90 Å². The molecule has 0 saturated carbocycles. The lowest BCUT2D eigenvalue weighted by atomic mass is 10.2. The van der Waals surface area contributed by atoms with Crippen LogP contribution in [0.3, 0.4) is 0 Å².